The summed E-state index contributed by atoms with van der Waals surface area (Å²) in [5.74, 6) is 0.218. The molecule has 3 nitrogen and oxygen atoms in total. The fourth-order valence-corrected chi connectivity index (χ4v) is 1.70. The molecular weight excluding hydrogens is 212 g/mol. The van der Waals surface area contributed by atoms with Crippen LogP contribution in [0, 0.1) is 0 Å². The van der Waals surface area contributed by atoms with Crippen molar-refractivity contribution in [2.75, 3.05) is 13.6 Å². The molecule has 0 aromatic carbocycles. The Morgan fingerprint density at radius 3 is 2.18 bits per heavy atom. The van der Waals surface area contributed by atoms with Crippen LogP contribution in [-0.4, -0.2) is 29.9 Å². The number of rotatable bonds is 9. The van der Waals surface area contributed by atoms with Crippen molar-refractivity contribution in [2.45, 2.75) is 71.3 Å². The Morgan fingerprint density at radius 2 is 1.65 bits per heavy atom. The topological polar surface area (TPSA) is 46.3 Å². The van der Waals surface area contributed by atoms with Crippen LogP contribution in [0.25, 0.3) is 0 Å². The van der Waals surface area contributed by atoms with Gasteiger partial charge in [0.25, 0.3) is 0 Å². The first kappa shape index (κ1) is 16.4. The first-order valence-corrected chi connectivity index (χ1v) is 6.92. The lowest BCUT2D eigenvalue weighted by Crippen LogP contribution is -2.49. The van der Waals surface area contributed by atoms with Crippen molar-refractivity contribution in [3.63, 3.8) is 0 Å². The number of carbonyl (C=O) groups is 1. The average Bonchev–Trinajstić information content (AvgIpc) is 2.32. The molecule has 0 radical (unpaired) electrons. The summed E-state index contributed by atoms with van der Waals surface area (Å²) in [4.78, 5) is 13.7. The van der Waals surface area contributed by atoms with Gasteiger partial charge in [-0.1, -0.05) is 39.0 Å². The second-order valence-electron chi connectivity index (χ2n) is 5.49. The van der Waals surface area contributed by atoms with Crippen molar-refractivity contribution in [2.24, 2.45) is 5.73 Å². The molecular formula is C14H30N2O. The van der Waals surface area contributed by atoms with Gasteiger partial charge in [0.05, 0.1) is 0 Å². The van der Waals surface area contributed by atoms with Crippen LogP contribution >= 0.6 is 0 Å². The van der Waals surface area contributed by atoms with Crippen molar-refractivity contribution in [1.82, 2.24) is 4.90 Å². The van der Waals surface area contributed by atoms with Gasteiger partial charge in [-0.05, 0) is 20.3 Å². The van der Waals surface area contributed by atoms with Crippen LogP contribution in [0.4, 0.5) is 0 Å². The predicted octanol–water partition coefficient (Wildman–Crippen LogP) is 2.93. The van der Waals surface area contributed by atoms with E-state index in [1.807, 2.05) is 20.9 Å². The van der Waals surface area contributed by atoms with Crippen LogP contribution in [0.2, 0.25) is 0 Å². The van der Waals surface area contributed by atoms with Crippen molar-refractivity contribution in [3.05, 3.63) is 0 Å². The Labute approximate surface area is 107 Å². The monoisotopic (exact) mass is 242 g/mol. The summed E-state index contributed by atoms with van der Waals surface area (Å²) in [6.45, 7) is 6.73. The molecule has 1 amide bonds. The molecule has 0 rings (SSSR count). The standard InChI is InChI=1S/C14H30N2O/c1-5-6-7-8-9-10-11-13(17)16(4)14(2,3)12-15/h5-12,15H2,1-4H3. The molecule has 0 aromatic rings. The van der Waals surface area contributed by atoms with E-state index in [4.69, 9.17) is 5.73 Å². The lowest BCUT2D eigenvalue weighted by atomic mass is 10.0. The third-order valence-electron chi connectivity index (χ3n) is 3.53. The molecule has 0 bridgehead atoms. The highest BCUT2D eigenvalue weighted by atomic mass is 16.2. The highest BCUT2D eigenvalue weighted by molar-refractivity contribution is 5.76. The van der Waals surface area contributed by atoms with Crippen LogP contribution in [-0.2, 0) is 4.79 Å². The summed E-state index contributed by atoms with van der Waals surface area (Å²) in [6, 6.07) is 0. The zero-order chi connectivity index (χ0) is 13.3. The van der Waals surface area contributed by atoms with Crippen LogP contribution in [0.3, 0.4) is 0 Å². The molecule has 2 N–H and O–H groups in total. The summed E-state index contributed by atoms with van der Waals surface area (Å²) in [5, 5.41) is 0. The number of likely N-dealkylation sites (N-methyl/N-ethyl adjacent to an activating group) is 1. The van der Waals surface area contributed by atoms with E-state index in [1.165, 1.54) is 32.1 Å². The van der Waals surface area contributed by atoms with Gasteiger partial charge in [-0.25, -0.2) is 0 Å². The first-order chi connectivity index (χ1) is 7.95. The van der Waals surface area contributed by atoms with E-state index in [0.29, 0.717) is 13.0 Å². The average molecular weight is 242 g/mol. The molecule has 0 saturated heterocycles. The van der Waals surface area contributed by atoms with Gasteiger partial charge < -0.3 is 10.6 Å². The van der Waals surface area contributed by atoms with Crippen molar-refractivity contribution >= 4 is 5.91 Å². The molecule has 0 atom stereocenters. The van der Waals surface area contributed by atoms with E-state index in [9.17, 15) is 4.79 Å². The van der Waals surface area contributed by atoms with Gasteiger partial charge in [0.1, 0.15) is 0 Å². The maximum atomic E-state index is 11.9. The largest absolute Gasteiger partial charge is 0.339 e. The first-order valence-electron chi connectivity index (χ1n) is 6.92. The Balaban J connectivity index is 3.72. The quantitative estimate of drug-likeness (QED) is 0.632. The fraction of sp³-hybridized carbons (Fsp3) is 0.929. The summed E-state index contributed by atoms with van der Waals surface area (Å²) in [6.07, 6.45) is 7.97. The van der Waals surface area contributed by atoms with Gasteiger partial charge in [-0.2, -0.15) is 0 Å². The molecule has 0 aromatic heterocycles. The molecule has 0 saturated carbocycles. The number of amides is 1. The van der Waals surface area contributed by atoms with Gasteiger partial charge in [0.15, 0.2) is 0 Å². The smallest absolute Gasteiger partial charge is 0.222 e. The van der Waals surface area contributed by atoms with Gasteiger partial charge in [0, 0.05) is 25.6 Å². The molecule has 17 heavy (non-hydrogen) atoms. The minimum atomic E-state index is -0.223. The number of nitrogens with zero attached hydrogens (tertiary/aromatic N) is 1. The molecule has 102 valence electrons. The van der Waals surface area contributed by atoms with Gasteiger partial charge >= 0.3 is 0 Å². The Hall–Kier alpha value is -0.570. The zero-order valence-corrected chi connectivity index (χ0v) is 12.1. The number of hydrogen-bond donors (Lipinski definition) is 1. The van der Waals surface area contributed by atoms with E-state index in [0.717, 1.165) is 6.42 Å². The number of carbonyl (C=O) groups excluding carboxylic acids is 1. The summed E-state index contributed by atoms with van der Waals surface area (Å²) in [7, 11) is 1.85. The van der Waals surface area contributed by atoms with Crippen molar-refractivity contribution in [1.29, 1.82) is 0 Å². The second-order valence-corrected chi connectivity index (χ2v) is 5.49. The molecule has 0 unspecified atom stereocenters. The van der Waals surface area contributed by atoms with Gasteiger partial charge in [-0.15, -0.1) is 0 Å². The Bertz CT molecular complexity index is 214. The zero-order valence-electron chi connectivity index (χ0n) is 12.1. The highest BCUT2D eigenvalue weighted by Gasteiger charge is 2.25. The van der Waals surface area contributed by atoms with E-state index in [-0.39, 0.29) is 11.4 Å². The molecule has 0 heterocycles. The van der Waals surface area contributed by atoms with Gasteiger partial charge in [0.2, 0.25) is 5.91 Å². The minimum Gasteiger partial charge on any atom is -0.339 e. The highest BCUT2D eigenvalue weighted by Crippen LogP contribution is 2.14. The van der Waals surface area contributed by atoms with E-state index >= 15 is 0 Å². The maximum Gasteiger partial charge on any atom is 0.222 e. The normalized spacial score (nSPS) is 11.6. The summed E-state index contributed by atoms with van der Waals surface area (Å²) >= 11 is 0. The summed E-state index contributed by atoms with van der Waals surface area (Å²) < 4.78 is 0. The van der Waals surface area contributed by atoms with Crippen molar-refractivity contribution in [3.8, 4) is 0 Å². The molecule has 0 fully saturated rings. The van der Waals surface area contributed by atoms with E-state index in [2.05, 4.69) is 6.92 Å². The number of unbranched alkanes of at least 4 members (excludes halogenated alkanes) is 5. The number of nitrogens with two attached hydrogens (primary N) is 1. The van der Waals surface area contributed by atoms with Crippen LogP contribution < -0.4 is 5.73 Å². The Kier molecular flexibility index (Phi) is 8.23. The lowest BCUT2D eigenvalue weighted by Gasteiger charge is -2.34. The van der Waals surface area contributed by atoms with Crippen LogP contribution in [0.1, 0.15) is 65.7 Å². The second kappa shape index (κ2) is 8.51. The molecule has 0 spiro atoms. The third-order valence-corrected chi connectivity index (χ3v) is 3.53. The van der Waals surface area contributed by atoms with E-state index in [1.54, 1.807) is 4.90 Å². The van der Waals surface area contributed by atoms with Crippen LogP contribution in [0.5, 0.6) is 0 Å². The molecule has 3 heteroatoms. The third kappa shape index (κ3) is 6.67. The van der Waals surface area contributed by atoms with Gasteiger partial charge in [-0.3, -0.25) is 4.79 Å². The minimum absolute atomic E-state index is 0.218. The predicted molar refractivity (Wildman–Crippen MR) is 73.9 cm³/mol. The molecule has 0 aliphatic rings. The summed E-state index contributed by atoms with van der Waals surface area (Å²) in [5.41, 5.74) is 5.44. The SMILES string of the molecule is CCCCCCCCC(=O)N(C)C(C)(C)CN. The fourth-order valence-electron chi connectivity index (χ4n) is 1.70. The molecule has 0 aliphatic carbocycles. The number of hydrogen-bond acceptors (Lipinski definition) is 2. The maximum absolute atomic E-state index is 11.9. The molecule has 0 aliphatic heterocycles. The Morgan fingerprint density at radius 1 is 1.12 bits per heavy atom. The van der Waals surface area contributed by atoms with E-state index < -0.39 is 0 Å². The lowest BCUT2D eigenvalue weighted by molar-refractivity contribution is -0.134. The van der Waals surface area contributed by atoms with Crippen LogP contribution in [0.15, 0.2) is 0 Å². The van der Waals surface area contributed by atoms with Crippen molar-refractivity contribution < 1.29 is 4.79 Å².